The molecule has 1 saturated heterocycles. The summed E-state index contributed by atoms with van der Waals surface area (Å²) in [4.78, 5) is 13.7. The van der Waals surface area contributed by atoms with E-state index in [1.807, 2.05) is 13.8 Å². The largest absolute Gasteiger partial charge is 0.469 e. The number of methoxy groups -OCH3 is 1. The first kappa shape index (κ1) is 12.5. The molecule has 1 fully saturated rings. The van der Waals surface area contributed by atoms with Crippen molar-refractivity contribution in [1.82, 2.24) is 4.90 Å². The Morgan fingerprint density at radius 2 is 2.27 bits per heavy atom. The summed E-state index contributed by atoms with van der Waals surface area (Å²) in [5.41, 5.74) is 5.77. The van der Waals surface area contributed by atoms with Gasteiger partial charge in [-0.05, 0) is 33.2 Å². The monoisotopic (exact) mass is 214 g/mol. The maximum absolute atomic E-state index is 11.4. The highest BCUT2D eigenvalue weighted by Crippen LogP contribution is 2.18. The Labute approximate surface area is 91.8 Å². The molecule has 4 heteroatoms. The molecule has 0 spiro atoms. The number of carbonyl (C=O) groups is 1. The second-order valence-electron chi connectivity index (χ2n) is 5.09. The van der Waals surface area contributed by atoms with Crippen molar-refractivity contribution in [2.75, 3.05) is 26.7 Å². The average Bonchev–Trinajstić information content (AvgIpc) is 2.14. The molecule has 1 heterocycles. The predicted molar refractivity (Wildman–Crippen MR) is 59.4 cm³/mol. The van der Waals surface area contributed by atoms with Gasteiger partial charge in [0.2, 0.25) is 0 Å². The smallest absolute Gasteiger partial charge is 0.309 e. The van der Waals surface area contributed by atoms with Crippen LogP contribution < -0.4 is 5.73 Å². The van der Waals surface area contributed by atoms with Gasteiger partial charge < -0.3 is 15.4 Å². The number of hydrogen-bond acceptors (Lipinski definition) is 4. The molecule has 0 aromatic carbocycles. The minimum atomic E-state index is -0.196. The van der Waals surface area contributed by atoms with Gasteiger partial charge in [-0.2, -0.15) is 0 Å². The maximum Gasteiger partial charge on any atom is 0.309 e. The van der Waals surface area contributed by atoms with Crippen LogP contribution in [-0.2, 0) is 9.53 Å². The van der Waals surface area contributed by atoms with Crippen LogP contribution in [0, 0.1) is 5.92 Å². The van der Waals surface area contributed by atoms with Crippen molar-refractivity contribution >= 4 is 5.97 Å². The summed E-state index contributed by atoms with van der Waals surface area (Å²) in [5.74, 6) is -0.0550. The third kappa shape index (κ3) is 4.18. The lowest BCUT2D eigenvalue weighted by Crippen LogP contribution is -2.49. The molecular formula is C11H22N2O2. The third-order valence-corrected chi connectivity index (χ3v) is 2.67. The second-order valence-corrected chi connectivity index (χ2v) is 5.09. The summed E-state index contributed by atoms with van der Waals surface area (Å²) >= 11 is 0. The molecule has 0 aliphatic carbocycles. The van der Waals surface area contributed by atoms with E-state index in [1.165, 1.54) is 7.11 Å². The fourth-order valence-corrected chi connectivity index (χ4v) is 2.13. The molecule has 0 amide bonds. The molecule has 4 nitrogen and oxygen atoms in total. The van der Waals surface area contributed by atoms with Gasteiger partial charge in [0.15, 0.2) is 0 Å². The van der Waals surface area contributed by atoms with Crippen molar-refractivity contribution in [3.8, 4) is 0 Å². The van der Waals surface area contributed by atoms with Crippen LogP contribution in [0.3, 0.4) is 0 Å². The van der Waals surface area contributed by atoms with Crippen LogP contribution >= 0.6 is 0 Å². The highest BCUT2D eigenvalue weighted by Gasteiger charge is 2.28. The summed E-state index contributed by atoms with van der Waals surface area (Å²) in [6.07, 6.45) is 1.99. The van der Waals surface area contributed by atoms with Gasteiger partial charge in [-0.25, -0.2) is 0 Å². The Kier molecular flexibility index (Phi) is 4.11. The van der Waals surface area contributed by atoms with E-state index >= 15 is 0 Å². The standard InChI is InChI=1S/C11H22N2O2/c1-11(2,12)8-13-6-4-5-9(7-13)10(14)15-3/h9H,4-8,12H2,1-3H3. The molecule has 1 rings (SSSR count). The predicted octanol–water partition coefficient (Wildman–Crippen LogP) is 0.609. The van der Waals surface area contributed by atoms with Gasteiger partial charge in [-0.1, -0.05) is 0 Å². The van der Waals surface area contributed by atoms with E-state index in [9.17, 15) is 4.79 Å². The van der Waals surface area contributed by atoms with Crippen LogP contribution in [0.1, 0.15) is 26.7 Å². The number of rotatable bonds is 3. The maximum atomic E-state index is 11.4. The molecule has 0 bridgehead atoms. The van der Waals surface area contributed by atoms with Gasteiger partial charge in [0.25, 0.3) is 0 Å². The molecule has 1 atom stereocenters. The van der Waals surface area contributed by atoms with E-state index < -0.39 is 0 Å². The first-order valence-electron chi connectivity index (χ1n) is 5.51. The average molecular weight is 214 g/mol. The van der Waals surface area contributed by atoms with E-state index in [1.54, 1.807) is 0 Å². The fourth-order valence-electron chi connectivity index (χ4n) is 2.13. The minimum absolute atomic E-state index is 0.0334. The second kappa shape index (κ2) is 4.94. The summed E-state index contributed by atoms with van der Waals surface area (Å²) in [7, 11) is 1.45. The number of hydrogen-bond donors (Lipinski definition) is 1. The van der Waals surface area contributed by atoms with E-state index in [4.69, 9.17) is 10.5 Å². The van der Waals surface area contributed by atoms with Gasteiger partial charge in [-0.15, -0.1) is 0 Å². The number of likely N-dealkylation sites (tertiary alicyclic amines) is 1. The van der Waals surface area contributed by atoms with Crippen molar-refractivity contribution in [3.05, 3.63) is 0 Å². The lowest BCUT2D eigenvalue weighted by Gasteiger charge is -2.35. The third-order valence-electron chi connectivity index (χ3n) is 2.67. The van der Waals surface area contributed by atoms with Crippen molar-refractivity contribution in [2.24, 2.45) is 11.7 Å². The Hall–Kier alpha value is -0.610. The van der Waals surface area contributed by atoms with Crippen LogP contribution in [-0.4, -0.2) is 43.2 Å². The van der Waals surface area contributed by atoms with Crippen LogP contribution in [0.15, 0.2) is 0 Å². The Balaban J connectivity index is 2.46. The summed E-state index contributed by atoms with van der Waals surface area (Å²) < 4.78 is 4.77. The molecule has 0 saturated carbocycles. The van der Waals surface area contributed by atoms with E-state index in [-0.39, 0.29) is 17.4 Å². The molecule has 0 radical (unpaired) electrons. The summed E-state index contributed by atoms with van der Waals surface area (Å²) in [5, 5.41) is 0. The number of carbonyl (C=O) groups excluding carboxylic acids is 1. The van der Waals surface area contributed by atoms with Crippen LogP contribution in [0.5, 0.6) is 0 Å². The van der Waals surface area contributed by atoms with Crippen LogP contribution in [0.2, 0.25) is 0 Å². The van der Waals surface area contributed by atoms with Crippen molar-refractivity contribution < 1.29 is 9.53 Å². The molecule has 2 N–H and O–H groups in total. The first-order valence-corrected chi connectivity index (χ1v) is 5.51. The highest BCUT2D eigenvalue weighted by atomic mass is 16.5. The topological polar surface area (TPSA) is 55.6 Å². The SMILES string of the molecule is COC(=O)C1CCCN(CC(C)(C)N)C1. The minimum Gasteiger partial charge on any atom is -0.469 e. The highest BCUT2D eigenvalue weighted by molar-refractivity contribution is 5.72. The number of esters is 1. The van der Waals surface area contributed by atoms with Gasteiger partial charge in [0.05, 0.1) is 13.0 Å². The quantitative estimate of drug-likeness (QED) is 0.699. The number of ether oxygens (including phenoxy) is 1. The molecular weight excluding hydrogens is 192 g/mol. The summed E-state index contributed by atoms with van der Waals surface area (Å²) in [6.45, 7) is 6.67. The zero-order chi connectivity index (χ0) is 11.5. The zero-order valence-corrected chi connectivity index (χ0v) is 9.95. The Bertz CT molecular complexity index is 223. The van der Waals surface area contributed by atoms with Crippen molar-refractivity contribution in [1.29, 1.82) is 0 Å². The van der Waals surface area contributed by atoms with Crippen molar-refractivity contribution in [2.45, 2.75) is 32.2 Å². The van der Waals surface area contributed by atoms with E-state index in [0.29, 0.717) is 0 Å². The molecule has 15 heavy (non-hydrogen) atoms. The molecule has 0 aromatic heterocycles. The fraction of sp³-hybridized carbons (Fsp3) is 0.909. The van der Waals surface area contributed by atoms with Gasteiger partial charge in [0.1, 0.15) is 0 Å². The normalized spacial score (nSPS) is 23.9. The van der Waals surface area contributed by atoms with E-state index in [0.717, 1.165) is 32.5 Å². The van der Waals surface area contributed by atoms with Crippen LogP contribution in [0.25, 0.3) is 0 Å². The lowest BCUT2D eigenvalue weighted by molar-refractivity contribution is -0.147. The summed E-state index contributed by atoms with van der Waals surface area (Å²) in [6, 6.07) is 0. The number of nitrogens with two attached hydrogens (primary N) is 1. The zero-order valence-electron chi connectivity index (χ0n) is 9.95. The van der Waals surface area contributed by atoms with Gasteiger partial charge in [-0.3, -0.25) is 4.79 Å². The van der Waals surface area contributed by atoms with Gasteiger partial charge in [0, 0.05) is 18.6 Å². The van der Waals surface area contributed by atoms with Crippen LogP contribution in [0.4, 0.5) is 0 Å². The molecule has 1 unspecified atom stereocenters. The molecule has 0 aromatic rings. The lowest BCUT2D eigenvalue weighted by atomic mass is 9.96. The number of nitrogens with zero attached hydrogens (tertiary/aromatic N) is 1. The molecule has 88 valence electrons. The number of piperidine rings is 1. The van der Waals surface area contributed by atoms with Crippen molar-refractivity contribution in [3.63, 3.8) is 0 Å². The first-order chi connectivity index (χ1) is 6.92. The molecule has 1 aliphatic heterocycles. The van der Waals surface area contributed by atoms with E-state index in [2.05, 4.69) is 4.90 Å². The molecule has 1 aliphatic rings. The Morgan fingerprint density at radius 3 is 2.80 bits per heavy atom. The Morgan fingerprint density at radius 1 is 1.60 bits per heavy atom. The van der Waals surface area contributed by atoms with Gasteiger partial charge >= 0.3 is 5.97 Å².